The summed E-state index contributed by atoms with van der Waals surface area (Å²) in [5.74, 6) is -1.17. The molecule has 6 heteroatoms. The summed E-state index contributed by atoms with van der Waals surface area (Å²) >= 11 is 0. The maximum Gasteiger partial charge on any atom is 0.331 e. The fraction of sp³-hybridized carbons (Fsp3) is 0.840. The number of cyclic esters (lactones) is 1. The third kappa shape index (κ3) is 2.29. The number of carbonyl (C=O) groups is 2. The van der Waals surface area contributed by atoms with Gasteiger partial charge in [0, 0.05) is 23.8 Å². The first kappa shape index (κ1) is 20.4. The van der Waals surface area contributed by atoms with Crippen LogP contribution in [0.5, 0.6) is 0 Å². The Morgan fingerprint density at radius 2 is 1.87 bits per heavy atom. The van der Waals surface area contributed by atoms with Crippen LogP contribution in [-0.4, -0.2) is 46.1 Å². The van der Waals surface area contributed by atoms with E-state index in [4.69, 9.17) is 14.2 Å². The van der Waals surface area contributed by atoms with Crippen molar-refractivity contribution in [2.45, 2.75) is 89.5 Å². The van der Waals surface area contributed by atoms with E-state index in [9.17, 15) is 14.7 Å². The molecule has 31 heavy (non-hydrogen) atoms. The van der Waals surface area contributed by atoms with Gasteiger partial charge in [0.05, 0.1) is 17.6 Å². The van der Waals surface area contributed by atoms with Gasteiger partial charge in [-0.05, 0) is 62.9 Å². The van der Waals surface area contributed by atoms with E-state index < -0.39 is 22.9 Å². The number of ketones is 1. The van der Waals surface area contributed by atoms with Gasteiger partial charge in [-0.15, -0.1) is 0 Å². The minimum atomic E-state index is -1.31. The van der Waals surface area contributed by atoms with Crippen LogP contribution in [0.2, 0.25) is 0 Å². The van der Waals surface area contributed by atoms with Crippen molar-refractivity contribution in [3.8, 4) is 0 Å². The predicted molar refractivity (Wildman–Crippen MR) is 111 cm³/mol. The lowest BCUT2D eigenvalue weighted by Crippen LogP contribution is -2.73. The van der Waals surface area contributed by atoms with Crippen molar-refractivity contribution in [2.24, 2.45) is 41.4 Å². The van der Waals surface area contributed by atoms with E-state index in [1.54, 1.807) is 0 Å². The fourth-order valence-corrected chi connectivity index (χ4v) is 8.35. The molecular weight excluding hydrogens is 396 g/mol. The average Bonchev–Trinajstić information content (AvgIpc) is 3.08. The van der Waals surface area contributed by atoms with E-state index in [-0.39, 0.29) is 53.6 Å². The maximum absolute atomic E-state index is 14.0. The summed E-state index contributed by atoms with van der Waals surface area (Å²) < 4.78 is 19.1. The van der Waals surface area contributed by atoms with Crippen LogP contribution >= 0.6 is 0 Å². The Kier molecular flexibility index (Phi) is 3.95. The smallest absolute Gasteiger partial charge is 0.331 e. The number of hydrogen-bond donors (Lipinski definition) is 1. The first-order chi connectivity index (χ1) is 14.5. The number of rotatable bonds is 4. The van der Waals surface area contributed by atoms with Gasteiger partial charge in [-0.3, -0.25) is 4.79 Å². The summed E-state index contributed by atoms with van der Waals surface area (Å²) in [7, 11) is 0. The molecule has 170 valence electrons. The molecule has 0 aromatic rings. The molecule has 6 rings (SSSR count). The molecule has 3 aliphatic heterocycles. The molecular formula is C25H34O6. The lowest BCUT2D eigenvalue weighted by Gasteiger charge is -2.58. The summed E-state index contributed by atoms with van der Waals surface area (Å²) in [6.45, 7) is 10.3. The number of carbonyl (C=O) groups excluding carboxylic acids is 2. The van der Waals surface area contributed by atoms with Crippen molar-refractivity contribution < 1.29 is 28.9 Å². The van der Waals surface area contributed by atoms with Crippen LogP contribution in [0.15, 0.2) is 11.6 Å². The first-order valence-electron chi connectivity index (χ1n) is 12.1. The van der Waals surface area contributed by atoms with Gasteiger partial charge in [-0.2, -0.15) is 0 Å². The molecule has 0 radical (unpaired) electrons. The highest BCUT2D eigenvalue weighted by atomic mass is 16.7. The van der Waals surface area contributed by atoms with Gasteiger partial charge in [0.15, 0.2) is 0 Å². The standard InChI is InChI=1S/C25H34O6/c1-11-8-15(11)25-24(28)14(4)20-17(30-25)9-13(3)19(20)21(27)22(24)23(5,31-25)7-6-16-12(2)10-18(26)29-16/h10-11,13-17,19-20,22,28H,6-9H2,1-5H3. The molecule has 5 fully saturated rings. The van der Waals surface area contributed by atoms with Crippen molar-refractivity contribution in [3.05, 3.63) is 11.6 Å². The van der Waals surface area contributed by atoms with E-state index >= 15 is 0 Å². The molecule has 2 saturated heterocycles. The van der Waals surface area contributed by atoms with Gasteiger partial charge in [-0.25, -0.2) is 4.79 Å². The van der Waals surface area contributed by atoms with Crippen LogP contribution in [0, 0.1) is 41.4 Å². The Balaban J connectivity index is 1.42. The third-order valence-corrected chi connectivity index (χ3v) is 9.88. The van der Waals surface area contributed by atoms with Gasteiger partial charge in [0.1, 0.15) is 17.5 Å². The molecule has 3 saturated carbocycles. The Morgan fingerprint density at radius 1 is 1.16 bits per heavy atom. The molecule has 0 aromatic carbocycles. The van der Waals surface area contributed by atoms with Crippen molar-refractivity contribution in [3.63, 3.8) is 0 Å². The van der Waals surface area contributed by atoms with E-state index in [2.05, 4.69) is 20.8 Å². The van der Waals surface area contributed by atoms with Crippen molar-refractivity contribution in [2.75, 3.05) is 0 Å². The van der Waals surface area contributed by atoms with Gasteiger partial charge in [-0.1, -0.05) is 20.8 Å². The molecule has 0 aromatic heterocycles. The van der Waals surface area contributed by atoms with Gasteiger partial charge >= 0.3 is 5.97 Å². The molecule has 2 bridgehead atoms. The second-order valence-electron chi connectivity index (χ2n) is 11.7. The van der Waals surface area contributed by atoms with E-state index in [1.165, 1.54) is 6.08 Å². The van der Waals surface area contributed by atoms with Crippen LogP contribution < -0.4 is 0 Å². The summed E-state index contributed by atoms with van der Waals surface area (Å²) in [5, 5.41) is 12.4. The van der Waals surface area contributed by atoms with Crippen LogP contribution in [-0.2, 0) is 23.8 Å². The Hall–Kier alpha value is -1.24. The SMILES string of the molecule is CC1=CC(=O)OC1CCC1(C)OC2(C3CC3C)OC3CC(C)C4C(=O)C1C2(O)C(C)C34. The zero-order valence-corrected chi connectivity index (χ0v) is 19.1. The molecule has 12 atom stereocenters. The summed E-state index contributed by atoms with van der Waals surface area (Å²) in [5.41, 5.74) is -1.26. The number of ether oxygens (including phenoxy) is 3. The summed E-state index contributed by atoms with van der Waals surface area (Å²) in [6, 6.07) is 0. The van der Waals surface area contributed by atoms with E-state index in [1.807, 2.05) is 13.8 Å². The van der Waals surface area contributed by atoms with Crippen LogP contribution in [0.1, 0.15) is 60.3 Å². The Labute approximate surface area is 183 Å². The molecule has 6 aliphatic rings. The van der Waals surface area contributed by atoms with E-state index in [0.29, 0.717) is 18.8 Å². The quantitative estimate of drug-likeness (QED) is 0.691. The average molecular weight is 431 g/mol. The lowest BCUT2D eigenvalue weighted by molar-refractivity contribution is -0.374. The summed E-state index contributed by atoms with van der Waals surface area (Å²) in [6.07, 6.45) is 4.12. The van der Waals surface area contributed by atoms with Crippen molar-refractivity contribution >= 4 is 11.8 Å². The number of aliphatic hydroxyl groups is 1. The zero-order chi connectivity index (χ0) is 22.1. The highest BCUT2D eigenvalue weighted by Crippen LogP contribution is 2.72. The second kappa shape index (κ2) is 6.00. The van der Waals surface area contributed by atoms with Gasteiger partial charge in [0.25, 0.3) is 0 Å². The van der Waals surface area contributed by atoms with Crippen LogP contribution in [0.25, 0.3) is 0 Å². The second-order valence-corrected chi connectivity index (χ2v) is 11.7. The van der Waals surface area contributed by atoms with Crippen LogP contribution in [0.4, 0.5) is 0 Å². The topological polar surface area (TPSA) is 82.1 Å². The van der Waals surface area contributed by atoms with Crippen LogP contribution in [0.3, 0.4) is 0 Å². The van der Waals surface area contributed by atoms with Gasteiger partial charge < -0.3 is 19.3 Å². The van der Waals surface area contributed by atoms with Gasteiger partial charge in [0.2, 0.25) is 5.79 Å². The number of Topliss-reactive ketones (excluding diaryl/α,β-unsaturated/α-hetero) is 1. The first-order valence-corrected chi connectivity index (χ1v) is 12.1. The molecule has 3 heterocycles. The number of hydrogen-bond acceptors (Lipinski definition) is 6. The highest BCUT2D eigenvalue weighted by Gasteiger charge is 2.85. The van der Waals surface area contributed by atoms with Crippen molar-refractivity contribution in [1.82, 2.24) is 0 Å². The maximum atomic E-state index is 14.0. The molecule has 0 spiro atoms. The largest absolute Gasteiger partial charge is 0.455 e. The molecule has 6 nitrogen and oxygen atoms in total. The fourth-order valence-electron chi connectivity index (χ4n) is 8.35. The molecule has 1 N–H and O–H groups in total. The normalized spacial score (nSPS) is 59.0. The monoisotopic (exact) mass is 430 g/mol. The predicted octanol–water partition coefficient (Wildman–Crippen LogP) is 3.02. The van der Waals surface area contributed by atoms with Crippen molar-refractivity contribution in [1.29, 1.82) is 0 Å². The van der Waals surface area contributed by atoms with E-state index in [0.717, 1.165) is 18.4 Å². The Bertz CT molecular complexity index is 896. The molecule has 0 amide bonds. The zero-order valence-electron chi connectivity index (χ0n) is 19.1. The Morgan fingerprint density at radius 3 is 2.48 bits per heavy atom. The molecule has 12 unspecified atom stereocenters. The summed E-state index contributed by atoms with van der Waals surface area (Å²) in [4.78, 5) is 25.7. The minimum Gasteiger partial charge on any atom is -0.455 e. The number of esters is 1. The third-order valence-electron chi connectivity index (χ3n) is 9.88. The highest BCUT2D eigenvalue weighted by molar-refractivity contribution is 5.89. The lowest BCUT2D eigenvalue weighted by atomic mass is 9.52. The molecule has 3 aliphatic carbocycles. The minimum absolute atomic E-state index is 0.0312.